The van der Waals surface area contributed by atoms with E-state index in [-0.39, 0.29) is 0 Å². The van der Waals surface area contributed by atoms with Gasteiger partial charge in [-0.05, 0) is 32.2 Å². The summed E-state index contributed by atoms with van der Waals surface area (Å²) in [6.07, 6.45) is 3.45. The van der Waals surface area contributed by atoms with Gasteiger partial charge in [0.25, 0.3) is 0 Å². The largest absolute Gasteiger partial charge is 0.381 e. The standard InChI is InChI=1S/C12H24N2O2/c1-14(11-4-7-16-9-11)12(8-13)10-2-5-15-6-3-10/h10-12H,2-9,13H2,1H3. The van der Waals surface area contributed by atoms with Gasteiger partial charge in [0.1, 0.15) is 0 Å². The van der Waals surface area contributed by atoms with Gasteiger partial charge in [-0.2, -0.15) is 0 Å². The maximum absolute atomic E-state index is 5.95. The van der Waals surface area contributed by atoms with Crippen LogP contribution in [0.25, 0.3) is 0 Å². The lowest BCUT2D eigenvalue weighted by Gasteiger charge is -2.38. The summed E-state index contributed by atoms with van der Waals surface area (Å²) in [5, 5.41) is 0. The topological polar surface area (TPSA) is 47.7 Å². The molecule has 0 bridgehead atoms. The molecule has 4 heteroatoms. The Balaban J connectivity index is 1.91. The predicted octanol–water partition coefficient (Wildman–Crippen LogP) is 0.461. The lowest BCUT2D eigenvalue weighted by atomic mass is 9.90. The van der Waals surface area contributed by atoms with Gasteiger partial charge in [0.15, 0.2) is 0 Å². The third kappa shape index (κ3) is 2.74. The fraction of sp³-hybridized carbons (Fsp3) is 1.00. The van der Waals surface area contributed by atoms with Crippen molar-refractivity contribution in [2.75, 3.05) is 40.0 Å². The first-order valence-corrected chi connectivity index (χ1v) is 6.40. The summed E-state index contributed by atoms with van der Waals surface area (Å²) < 4.78 is 10.9. The number of nitrogens with zero attached hydrogens (tertiary/aromatic N) is 1. The second-order valence-electron chi connectivity index (χ2n) is 4.94. The zero-order valence-electron chi connectivity index (χ0n) is 10.2. The van der Waals surface area contributed by atoms with Crippen molar-refractivity contribution in [3.63, 3.8) is 0 Å². The van der Waals surface area contributed by atoms with E-state index in [1.807, 2.05) is 0 Å². The molecule has 0 spiro atoms. The highest BCUT2D eigenvalue weighted by atomic mass is 16.5. The van der Waals surface area contributed by atoms with E-state index in [2.05, 4.69) is 11.9 Å². The van der Waals surface area contributed by atoms with Crippen molar-refractivity contribution in [3.05, 3.63) is 0 Å². The molecule has 2 atom stereocenters. The van der Waals surface area contributed by atoms with Gasteiger partial charge in [-0.25, -0.2) is 0 Å². The number of rotatable bonds is 4. The molecule has 94 valence electrons. The molecule has 2 fully saturated rings. The monoisotopic (exact) mass is 228 g/mol. The first-order chi connectivity index (χ1) is 7.83. The van der Waals surface area contributed by atoms with E-state index in [0.29, 0.717) is 18.0 Å². The average molecular weight is 228 g/mol. The Kier molecular flexibility index (Phi) is 4.58. The summed E-state index contributed by atoms with van der Waals surface area (Å²) >= 11 is 0. The Morgan fingerprint density at radius 3 is 2.44 bits per heavy atom. The molecular weight excluding hydrogens is 204 g/mol. The SMILES string of the molecule is CN(C1CCOC1)C(CN)C1CCOCC1. The van der Waals surface area contributed by atoms with Gasteiger partial charge in [0, 0.05) is 38.4 Å². The molecular formula is C12H24N2O2. The molecule has 0 aromatic carbocycles. The van der Waals surface area contributed by atoms with E-state index >= 15 is 0 Å². The molecule has 2 rings (SSSR count). The van der Waals surface area contributed by atoms with E-state index in [9.17, 15) is 0 Å². The van der Waals surface area contributed by atoms with Crippen LogP contribution in [0.2, 0.25) is 0 Å². The molecule has 2 unspecified atom stereocenters. The van der Waals surface area contributed by atoms with E-state index in [1.54, 1.807) is 0 Å². The molecule has 16 heavy (non-hydrogen) atoms. The fourth-order valence-corrected chi connectivity index (χ4v) is 2.91. The van der Waals surface area contributed by atoms with Crippen molar-refractivity contribution in [1.29, 1.82) is 0 Å². The lowest BCUT2D eigenvalue weighted by molar-refractivity contribution is 0.0219. The highest BCUT2D eigenvalue weighted by molar-refractivity contribution is 4.85. The molecule has 0 aromatic heterocycles. The zero-order chi connectivity index (χ0) is 11.4. The number of ether oxygens (including phenoxy) is 2. The maximum atomic E-state index is 5.95. The molecule has 0 radical (unpaired) electrons. The van der Waals surface area contributed by atoms with Crippen LogP contribution in [-0.4, -0.2) is 57.0 Å². The first kappa shape index (κ1) is 12.3. The van der Waals surface area contributed by atoms with Crippen LogP contribution in [-0.2, 0) is 9.47 Å². The molecule has 2 heterocycles. The normalized spacial score (nSPS) is 29.8. The molecule has 2 saturated heterocycles. The predicted molar refractivity (Wildman–Crippen MR) is 63.4 cm³/mol. The second kappa shape index (κ2) is 5.96. The number of hydrogen-bond acceptors (Lipinski definition) is 4. The van der Waals surface area contributed by atoms with Gasteiger partial charge >= 0.3 is 0 Å². The minimum absolute atomic E-state index is 0.496. The summed E-state index contributed by atoms with van der Waals surface area (Å²) in [7, 11) is 2.20. The molecule has 0 aromatic rings. The molecule has 2 aliphatic heterocycles. The Bertz CT molecular complexity index is 201. The summed E-state index contributed by atoms with van der Waals surface area (Å²) in [5.41, 5.74) is 5.95. The maximum Gasteiger partial charge on any atom is 0.0622 e. The van der Waals surface area contributed by atoms with Gasteiger partial charge in [0.2, 0.25) is 0 Å². The van der Waals surface area contributed by atoms with Crippen LogP contribution >= 0.6 is 0 Å². The van der Waals surface area contributed by atoms with Crippen LogP contribution in [0.1, 0.15) is 19.3 Å². The van der Waals surface area contributed by atoms with Crippen molar-refractivity contribution in [1.82, 2.24) is 4.90 Å². The Morgan fingerprint density at radius 2 is 1.88 bits per heavy atom. The average Bonchev–Trinajstić information content (AvgIpc) is 2.85. The van der Waals surface area contributed by atoms with Gasteiger partial charge in [-0.1, -0.05) is 0 Å². The quantitative estimate of drug-likeness (QED) is 0.759. The summed E-state index contributed by atoms with van der Waals surface area (Å²) in [6.45, 7) is 4.32. The Labute approximate surface area is 98.1 Å². The van der Waals surface area contributed by atoms with Crippen molar-refractivity contribution in [2.45, 2.75) is 31.3 Å². The van der Waals surface area contributed by atoms with Crippen LogP contribution < -0.4 is 5.73 Å². The van der Waals surface area contributed by atoms with Gasteiger partial charge < -0.3 is 15.2 Å². The van der Waals surface area contributed by atoms with E-state index in [4.69, 9.17) is 15.2 Å². The van der Waals surface area contributed by atoms with Crippen LogP contribution in [0.4, 0.5) is 0 Å². The molecule has 0 amide bonds. The number of hydrogen-bond donors (Lipinski definition) is 1. The van der Waals surface area contributed by atoms with E-state index in [0.717, 1.165) is 52.2 Å². The van der Waals surface area contributed by atoms with Crippen molar-refractivity contribution in [3.8, 4) is 0 Å². The minimum atomic E-state index is 0.496. The fourth-order valence-electron chi connectivity index (χ4n) is 2.91. The highest BCUT2D eigenvalue weighted by Gasteiger charge is 2.31. The highest BCUT2D eigenvalue weighted by Crippen LogP contribution is 2.24. The van der Waals surface area contributed by atoms with Gasteiger partial charge in [-0.15, -0.1) is 0 Å². The van der Waals surface area contributed by atoms with Crippen molar-refractivity contribution >= 4 is 0 Å². The summed E-state index contributed by atoms with van der Waals surface area (Å²) in [4.78, 5) is 2.45. The third-order valence-electron chi connectivity index (χ3n) is 4.06. The zero-order valence-corrected chi connectivity index (χ0v) is 10.2. The minimum Gasteiger partial charge on any atom is -0.381 e. The van der Waals surface area contributed by atoms with Crippen molar-refractivity contribution in [2.24, 2.45) is 11.7 Å². The first-order valence-electron chi connectivity index (χ1n) is 6.40. The van der Waals surface area contributed by atoms with Crippen LogP contribution in [0.15, 0.2) is 0 Å². The molecule has 2 aliphatic rings. The Morgan fingerprint density at radius 1 is 1.19 bits per heavy atom. The number of likely N-dealkylation sites (N-methyl/N-ethyl adjacent to an activating group) is 1. The van der Waals surface area contributed by atoms with Crippen molar-refractivity contribution < 1.29 is 9.47 Å². The second-order valence-corrected chi connectivity index (χ2v) is 4.94. The lowest BCUT2D eigenvalue weighted by Crippen LogP contribution is -2.49. The molecule has 2 N–H and O–H groups in total. The van der Waals surface area contributed by atoms with E-state index in [1.165, 1.54) is 0 Å². The van der Waals surface area contributed by atoms with Crippen LogP contribution in [0, 0.1) is 5.92 Å². The van der Waals surface area contributed by atoms with Gasteiger partial charge in [-0.3, -0.25) is 4.90 Å². The third-order valence-corrected chi connectivity index (χ3v) is 4.06. The van der Waals surface area contributed by atoms with Crippen LogP contribution in [0.5, 0.6) is 0 Å². The molecule has 0 aliphatic carbocycles. The smallest absolute Gasteiger partial charge is 0.0622 e. The van der Waals surface area contributed by atoms with E-state index < -0.39 is 0 Å². The van der Waals surface area contributed by atoms with Crippen LogP contribution in [0.3, 0.4) is 0 Å². The molecule has 4 nitrogen and oxygen atoms in total. The summed E-state index contributed by atoms with van der Waals surface area (Å²) in [6, 6.07) is 1.06. The Hall–Kier alpha value is -0.160. The number of nitrogens with two attached hydrogens (primary N) is 1. The molecule has 0 saturated carbocycles. The summed E-state index contributed by atoms with van der Waals surface area (Å²) in [5.74, 6) is 0.698. The van der Waals surface area contributed by atoms with Gasteiger partial charge in [0.05, 0.1) is 6.61 Å².